The van der Waals surface area contributed by atoms with Crippen LogP contribution in [0.25, 0.3) is 0 Å². The molecule has 0 aliphatic heterocycles. The molecule has 1 saturated carbocycles. The quantitative estimate of drug-likeness (QED) is 0.852. The second-order valence-electron chi connectivity index (χ2n) is 6.12. The summed E-state index contributed by atoms with van der Waals surface area (Å²) in [4.78, 5) is 12.0. The van der Waals surface area contributed by atoms with Crippen molar-refractivity contribution in [2.45, 2.75) is 50.5 Å². The first kappa shape index (κ1) is 13.3. The Hall–Kier alpha value is -1.66. The van der Waals surface area contributed by atoms with Crippen LogP contribution in [-0.4, -0.2) is 17.0 Å². The molecule has 0 radical (unpaired) electrons. The molecule has 0 amide bonds. The van der Waals surface area contributed by atoms with Gasteiger partial charge >= 0.3 is 0 Å². The van der Waals surface area contributed by atoms with Gasteiger partial charge in [-0.3, -0.25) is 4.79 Å². The van der Waals surface area contributed by atoms with E-state index in [0.717, 1.165) is 19.3 Å². The molecule has 3 atom stereocenters. The zero-order valence-electron chi connectivity index (χ0n) is 11.7. The summed E-state index contributed by atoms with van der Waals surface area (Å²) in [5.74, 6) is 0.348. The normalized spacial score (nSPS) is 32.1. The van der Waals surface area contributed by atoms with E-state index in [2.05, 4.69) is 13.0 Å². The van der Waals surface area contributed by atoms with Crippen molar-refractivity contribution in [3.05, 3.63) is 34.9 Å². The Morgan fingerprint density at radius 3 is 3.00 bits per heavy atom. The highest BCUT2D eigenvalue weighted by Gasteiger charge is 2.49. The van der Waals surface area contributed by atoms with Crippen molar-refractivity contribution in [2.24, 2.45) is 5.92 Å². The van der Waals surface area contributed by atoms with Crippen molar-refractivity contribution in [1.29, 1.82) is 5.26 Å². The number of nitrogens with zero attached hydrogens (tertiary/aromatic N) is 1. The highest BCUT2D eigenvalue weighted by molar-refractivity contribution is 5.85. The van der Waals surface area contributed by atoms with Crippen LogP contribution >= 0.6 is 0 Å². The van der Waals surface area contributed by atoms with Gasteiger partial charge in [0.05, 0.1) is 11.6 Å². The summed E-state index contributed by atoms with van der Waals surface area (Å²) >= 11 is 0. The van der Waals surface area contributed by atoms with Crippen LogP contribution in [0, 0.1) is 17.2 Å². The average Bonchev–Trinajstić information content (AvgIpc) is 2.48. The number of carbonyl (C=O) groups excluding carboxylic acids is 1. The van der Waals surface area contributed by atoms with E-state index in [4.69, 9.17) is 5.26 Å². The molecule has 0 aromatic heterocycles. The number of carbonyl (C=O) groups is 1. The van der Waals surface area contributed by atoms with E-state index >= 15 is 0 Å². The standard InChI is InChI=1S/C17H19NO2/c1-2-17-9-16(20)15(19)8-13(17)5-4-12-7-11(10-18)3-6-14(12)17/h3,6-7,13,15,19H,2,4-5,8-9H2,1H3/t13-,15?,17-/m1/s1. The highest BCUT2D eigenvalue weighted by atomic mass is 16.3. The van der Waals surface area contributed by atoms with E-state index < -0.39 is 6.10 Å². The number of rotatable bonds is 1. The Morgan fingerprint density at radius 1 is 1.50 bits per heavy atom. The molecule has 1 aromatic rings. The zero-order chi connectivity index (χ0) is 14.3. The fraction of sp³-hybridized carbons (Fsp3) is 0.529. The molecule has 1 N–H and O–H groups in total. The van der Waals surface area contributed by atoms with Crippen molar-refractivity contribution in [3.63, 3.8) is 0 Å². The predicted octanol–water partition coefficient (Wildman–Crippen LogP) is 2.49. The number of nitriles is 1. The second kappa shape index (κ2) is 4.71. The fourth-order valence-corrected chi connectivity index (χ4v) is 4.20. The topological polar surface area (TPSA) is 61.1 Å². The van der Waals surface area contributed by atoms with Crippen molar-refractivity contribution >= 4 is 5.78 Å². The number of hydrogen-bond acceptors (Lipinski definition) is 3. The van der Waals surface area contributed by atoms with Crippen LogP contribution in [0.4, 0.5) is 0 Å². The van der Waals surface area contributed by atoms with Gasteiger partial charge in [0.15, 0.2) is 5.78 Å². The Morgan fingerprint density at radius 2 is 2.30 bits per heavy atom. The maximum atomic E-state index is 12.0. The molecule has 0 saturated heterocycles. The van der Waals surface area contributed by atoms with Crippen LogP contribution in [-0.2, 0) is 16.6 Å². The lowest BCUT2D eigenvalue weighted by molar-refractivity contribution is -0.134. The van der Waals surface area contributed by atoms with Crippen molar-refractivity contribution in [2.75, 3.05) is 0 Å². The van der Waals surface area contributed by atoms with Crippen LogP contribution in [0.15, 0.2) is 18.2 Å². The number of benzene rings is 1. The minimum absolute atomic E-state index is 0.0275. The van der Waals surface area contributed by atoms with Gasteiger partial charge in [-0.25, -0.2) is 0 Å². The van der Waals surface area contributed by atoms with Crippen molar-refractivity contribution < 1.29 is 9.90 Å². The van der Waals surface area contributed by atoms with Gasteiger partial charge in [0.2, 0.25) is 0 Å². The fourth-order valence-electron chi connectivity index (χ4n) is 4.20. The van der Waals surface area contributed by atoms with Gasteiger partial charge in [0, 0.05) is 11.8 Å². The van der Waals surface area contributed by atoms with E-state index in [1.54, 1.807) is 0 Å². The number of ketones is 1. The van der Waals surface area contributed by atoms with E-state index in [9.17, 15) is 9.90 Å². The van der Waals surface area contributed by atoms with Gasteiger partial charge < -0.3 is 5.11 Å². The summed E-state index contributed by atoms with van der Waals surface area (Å²) < 4.78 is 0. The third-order valence-corrected chi connectivity index (χ3v) is 5.31. The van der Waals surface area contributed by atoms with E-state index in [1.165, 1.54) is 11.1 Å². The minimum atomic E-state index is -0.778. The Balaban J connectivity index is 2.11. The Kier molecular flexibility index (Phi) is 3.14. The smallest absolute Gasteiger partial charge is 0.162 e. The van der Waals surface area contributed by atoms with Crippen LogP contribution in [0.1, 0.15) is 49.3 Å². The van der Waals surface area contributed by atoms with Gasteiger partial charge in [-0.15, -0.1) is 0 Å². The highest BCUT2D eigenvalue weighted by Crippen LogP contribution is 2.51. The first-order valence-electron chi connectivity index (χ1n) is 7.35. The molecular weight excluding hydrogens is 250 g/mol. The molecule has 1 fully saturated rings. The summed E-state index contributed by atoms with van der Waals surface area (Å²) in [6.07, 6.45) is 3.10. The monoisotopic (exact) mass is 269 g/mol. The van der Waals surface area contributed by atoms with Gasteiger partial charge in [-0.05, 0) is 54.9 Å². The second-order valence-corrected chi connectivity index (χ2v) is 6.12. The number of aryl methyl sites for hydroxylation is 1. The lowest BCUT2D eigenvalue weighted by Gasteiger charge is -2.49. The molecule has 3 nitrogen and oxygen atoms in total. The summed E-state index contributed by atoms with van der Waals surface area (Å²) in [6.45, 7) is 2.13. The molecule has 1 aromatic carbocycles. The molecule has 3 heteroatoms. The molecule has 104 valence electrons. The predicted molar refractivity (Wildman–Crippen MR) is 75.2 cm³/mol. The third kappa shape index (κ3) is 1.79. The first-order valence-corrected chi connectivity index (χ1v) is 7.35. The first-order chi connectivity index (χ1) is 9.60. The van der Waals surface area contributed by atoms with Crippen molar-refractivity contribution in [1.82, 2.24) is 0 Å². The number of aliphatic hydroxyl groups excluding tert-OH is 1. The minimum Gasteiger partial charge on any atom is -0.385 e. The van der Waals surface area contributed by atoms with Crippen LogP contribution in [0.3, 0.4) is 0 Å². The SMILES string of the molecule is CC[C@@]12CC(=O)C(O)C[C@H]1CCc1cc(C#N)ccc12. The van der Waals surface area contributed by atoms with Gasteiger partial charge in [-0.1, -0.05) is 13.0 Å². The van der Waals surface area contributed by atoms with Gasteiger partial charge in [0.25, 0.3) is 0 Å². The van der Waals surface area contributed by atoms with E-state index in [0.29, 0.717) is 24.3 Å². The largest absolute Gasteiger partial charge is 0.385 e. The number of Topliss-reactive ketones (excluding diaryl/α,β-unsaturated/α-hetero) is 1. The Labute approximate surface area is 119 Å². The third-order valence-electron chi connectivity index (χ3n) is 5.31. The average molecular weight is 269 g/mol. The Bertz CT molecular complexity index is 601. The summed E-state index contributed by atoms with van der Waals surface area (Å²) in [5, 5.41) is 18.9. The van der Waals surface area contributed by atoms with Gasteiger partial charge in [0.1, 0.15) is 6.10 Å². The zero-order valence-corrected chi connectivity index (χ0v) is 11.7. The molecule has 2 aliphatic rings. The van der Waals surface area contributed by atoms with Crippen LogP contribution in [0.2, 0.25) is 0 Å². The molecule has 0 bridgehead atoms. The number of aliphatic hydroxyl groups is 1. The maximum absolute atomic E-state index is 12.0. The van der Waals surface area contributed by atoms with E-state index in [1.807, 2.05) is 18.2 Å². The summed E-state index contributed by atoms with van der Waals surface area (Å²) in [7, 11) is 0. The molecule has 2 aliphatic carbocycles. The molecule has 0 heterocycles. The maximum Gasteiger partial charge on any atom is 0.162 e. The molecule has 20 heavy (non-hydrogen) atoms. The summed E-state index contributed by atoms with van der Waals surface area (Å²) in [5.41, 5.74) is 3.01. The molecule has 3 rings (SSSR count). The van der Waals surface area contributed by atoms with Crippen LogP contribution in [0.5, 0.6) is 0 Å². The molecule has 1 unspecified atom stereocenters. The molecular formula is C17H19NO2. The summed E-state index contributed by atoms with van der Waals surface area (Å²) in [6, 6.07) is 8.05. The van der Waals surface area contributed by atoms with Gasteiger partial charge in [-0.2, -0.15) is 5.26 Å². The number of hydrogen-bond donors (Lipinski definition) is 1. The van der Waals surface area contributed by atoms with E-state index in [-0.39, 0.29) is 11.2 Å². The van der Waals surface area contributed by atoms with Crippen molar-refractivity contribution in [3.8, 4) is 6.07 Å². The van der Waals surface area contributed by atoms with Crippen LogP contribution < -0.4 is 0 Å². The number of fused-ring (bicyclic) bond motifs is 3. The molecule has 0 spiro atoms. The lowest BCUT2D eigenvalue weighted by Crippen LogP contribution is -2.49. The lowest BCUT2D eigenvalue weighted by atomic mass is 9.55.